The third-order valence-electron chi connectivity index (χ3n) is 3.00. The van der Waals surface area contributed by atoms with E-state index in [-0.39, 0.29) is 31.0 Å². The van der Waals surface area contributed by atoms with E-state index in [1.54, 1.807) is 18.7 Å². The Morgan fingerprint density at radius 3 is 2.50 bits per heavy atom. The molecule has 1 aliphatic heterocycles. The smallest absolute Gasteiger partial charge is 0.340 e. The molecule has 2 unspecified atom stereocenters. The van der Waals surface area contributed by atoms with E-state index in [1.807, 2.05) is 0 Å². The van der Waals surface area contributed by atoms with Crippen LogP contribution in [0.2, 0.25) is 0 Å². The van der Waals surface area contributed by atoms with Crippen LogP contribution in [0.1, 0.15) is 20.3 Å². The third-order valence-corrected chi connectivity index (χ3v) is 3.00. The predicted octanol–water partition coefficient (Wildman–Crippen LogP) is 0.819. The zero-order chi connectivity index (χ0) is 13.9. The van der Waals surface area contributed by atoms with Crippen LogP contribution >= 0.6 is 0 Å². The second-order valence-corrected chi connectivity index (χ2v) is 4.96. The van der Waals surface area contributed by atoms with Gasteiger partial charge in [0.25, 0.3) is 0 Å². The van der Waals surface area contributed by atoms with Gasteiger partial charge < -0.3 is 10.6 Å². The first-order chi connectivity index (χ1) is 8.19. The van der Waals surface area contributed by atoms with Crippen molar-refractivity contribution in [1.82, 2.24) is 9.80 Å². The fourth-order valence-corrected chi connectivity index (χ4v) is 2.09. The fraction of sp³-hybridized carbons (Fsp3) is 0.909. The number of rotatable bonds is 3. The van der Waals surface area contributed by atoms with Gasteiger partial charge in [-0.15, -0.1) is 0 Å². The summed E-state index contributed by atoms with van der Waals surface area (Å²) in [6.45, 7) is 3.46. The van der Waals surface area contributed by atoms with E-state index < -0.39 is 12.7 Å². The minimum Gasteiger partial charge on any atom is -0.340 e. The second-order valence-electron chi connectivity index (χ2n) is 4.96. The first-order valence-corrected chi connectivity index (χ1v) is 6.03. The lowest BCUT2D eigenvalue weighted by Crippen LogP contribution is -2.56. The summed E-state index contributed by atoms with van der Waals surface area (Å²) in [5.74, 6) is -0.0801. The van der Waals surface area contributed by atoms with Crippen LogP contribution in [0.25, 0.3) is 0 Å². The molecule has 2 N–H and O–H groups in total. The van der Waals surface area contributed by atoms with Gasteiger partial charge in [0.2, 0.25) is 5.91 Å². The number of carbonyl (C=O) groups is 1. The van der Waals surface area contributed by atoms with Gasteiger partial charge in [-0.1, -0.05) is 0 Å². The van der Waals surface area contributed by atoms with Crippen LogP contribution in [-0.2, 0) is 4.79 Å². The van der Waals surface area contributed by atoms with Crippen molar-refractivity contribution in [2.45, 2.75) is 38.5 Å². The number of amides is 1. The molecule has 0 saturated carbocycles. The highest BCUT2D eigenvalue weighted by atomic mass is 19.4. The molecule has 0 aromatic heterocycles. The largest absolute Gasteiger partial charge is 0.401 e. The Bertz CT molecular complexity index is 294. The van der Waals surface area contributed by atoms with Gasteiger partial charge in [0, 0.05) is 38.1 Å². The van der Waals surface area contributed by atoms with E-state index in [0.29, 0.717) is 13.1 Å². The molecule has 0 aromatic rings. The molecular weight excluding hydrogens is 247 g/mol. The molecule has 18 heavy (non-hydrogen) atoms. The lowest BCUT2D eigenvalue weighted by Gasteiger charge is -2.40. The summed E-state index contributed by atoms with van der Waals surface area (Å²) in [5.41, 5.74) is 5.54. The number of halogens is 3. The van der Waals surface area contributed by atoms with Gasteiger partial charge >= 0.3 is 6.18 Å². The van der Waals surface area contributed by atoms with Crippen molar-refractivity contribution < 1.29 is 18.0 Å². The Morgan fingerprint density at radius 1 is 1.44 bits per heavy atom. The predicted molar refractivity (Wildman–Crippen MR) is 61.9 cm³/mol. The van der Waals surface area contributed by atoms with Gasteiger partial charge in [-0.3, -0.25) is 9.69 Å². The molecule has 0 spiro atoms. The van der Waals surface area contributed by atoms with Crippen molar-refractivity contribution in [2.75, 3.05) is 26.2 Å². The van der Waals surface area contributed by atoms with Gasteiger partial charge in [-0.05, 0) is 13.8 Å². The molecular formula is C11H20F3N3O. The number of carbonyl (C=O) groups excluding carboxylic acids is 1. The molecule has 2 atom stereocenters. The number of alkyl halides is 3. The first-order valence-electron chi connectivity index (χ1n) is 6.03. The van der Waals surface area contributed by atoms with Crippen LogP contribution in [0.5, 0.6) is 0 Å². The molecule has 7 heteroatoms. The molecule has 1 aliphatic rings. The highest BCUT2D eigenvalue weighted by Gasteiger charge is 2.35. The van der Waals surface area contributed by atoms with Crippen molar-refractivity contribution in [1.29, 1.82) is 0 Å². The van der Waals surface area contributed by atoms with E-state index in [9.17, 15) is 18.0 Å². The van der Waals surface area contributed by atoms with Gasteiger partial charge in [-0.25, -0.2) is 0 Å². The van der Waals surface area contributed by atoms with Crippen molar-refractivity contribution in [3.8, 4) is 0 Å². The summed E-state index contributed by atoms with van der Waals surface area (Å²) >= 11 is 0. The quantitative estimate of drug-likeness (QED) is 0.823. The molecule has 106 valence electrons. The third kappa shape index (κ3) is 4.81. The van der Waals surface area contributed by atoms with E-state index in [2.05, 4.69) is 0 Å². The Kier molecular flexibility index (Phi) is 4.98. The van der Waals surface area contributed by atoms with Crippen LogP contribution < -0.4 is 5.73 Å². The Balaban J connectivity index is 2.48. The zero-order valence-electron chi connectivity index (χ0n) is 10.7. The normalized spacial score (nSPS) is 24.1. The van der Waals surface area contributed by atoms with Gasteiger partial charge in [0.05, 0.1) is 6.54 Å². The van der Waals surface area contributed by atoms with Crippen LogP contribution in [0.3, 0.4) is 0 Å². The van der Waals surface area contributed by atoms with Crippen LogP contribution in [-0.4, -0.2) is 60.1 Å². The van der Waals surface area contributed by atoms with E-state index in [1.165, 1.54) is 4.90 Å². The molecule has 1 fully saturated rings. The average molecular weight is 267 g/mol. The van der Waals surface area contributed by atoms with E-state index >= 15 is 0 Å². The molecule has 4 nitrogen and oxygen atoms in total. The standard InChI is InChI=1S/C11H20F3N3O/c1-8(15)5-10(18)16-3-4-17(9(2)6-16)7-11(12,13)14/h8-9H,3-7,15H2,1-2H3. The lowest BCUT2D eigenvalue weighted by atomic mass is 10.1. The average Bonchev–Trinajstić information content (AvgIpc) is 2.18. The van der Waals surface area contributed by atoms with Crippen LogP contribution in [0, 0.1) is 0 Å². The first kappa shape index (κ1) is 15.2. The molecule has 1 rings (SSSR count). The Labute approximate surface area is 105 Å². The minimum atomic E-state index is -4.19. The molecule has 1 amide bonds. The highest BCUT2D eigenvalue weighted by molar-refractivity contribution is 5.76. The van der Waals surface area contributed by atoms with Crippen LogP contribution in [0.15, 0.2) is 0 Å². The number of nitrogens with two attached hydrogens (primary N) is 1. The lowest BCUT2D eigenvalue weighted by molar-refractivity contribution is -0.157. The maximum Gasteiger partial charge on any atom is 0.401 e. The highest BCUT2D eigenvalue weighted by Crippen LogP contribution is 2.20. The topological polar surface area (TPSA) is 49.6 Å². The maximum absolute atomic E-state index is 12.3. The van der Waals surface area contributed by atoms with E-state index in [0.717, 1.165) is 0 Å². The van der Waals surface area contributed by atoms with Crippen molar-refractivity contribution in [2.24, 2.45) is 5.73 Å². The van der Waals surface area contributed by atoms with Crippen LogP contribution in [0.4, 0.5) is 13.2 Å². The SMILES string of the molecule is CC(N)CC(=O)N1CCN(CC(F)(F)F)C(C)C1. The second kappa shape index (κ2) is 5.88. The summed E-state index contributed by atoms with van der Waals surface area (Å²) in [7, 11) is 0. The summed E-state index contributed by atoms with van der Waals surface area (Å²) in [6.07, 6.45) is -3.95. The Morgan fingerprint density at radius 2 is 2.06 bits per heavy atom. The monoisotopic (exact) mass is 267 g/mol. The molecule has 0 radical (unpaired) electrons. The van der Waals surface area contributed by atoms with Crippen molar-refractivity contribution in [3.63, 3.8) is 0 Å². The summed E-state index contributed by atoms with van der Waals surface area (Å²) < 4.78 is 36.9. The molecule has 1 heterocycles. The van der Waals surface area contributed by atoms with E-state index in [4.69, 9.17) is 5.73 Å². The van der Waals surface area contributed by atoms with Gasteiger partial charge in [0.15, 0.2) is 0 Å². The Hall–Kier alpha value is -0.820. The number of piperazine rings is 1. The molecule has 0 bridgehead atoms. The number of hydrogen-bond acceptors (Lipinski definition) is 3. The van der Waals surface area contributed by atoms with Gasteiger partial charge in [-0.2, -0.15) is 13.2 Å². The maximum atomic E-state index is 12.3. The summed E-state index contributed by atoms with van der Waals surface area (Å²) in [6, 6.07) is -0.501. The molecule has 1 saturated heterocycles. The summed E-state index contributed by atoms with van der Waals surface area (Å²) in [4.78, 5) is 14.7. The number of nitrogens with zero attached hydrogens (tertiary/aromatic N) is 2. The van der Waals surface area contributed by atoms with Crippen molar-refractivity contribution >= 4 is 5.91 Å². The molecule has 0 aliphatic carbocycles. The fourth-order valence-electron chi connectivity index (χ4n) is 2.09. The van der Waals surface area contributed by atoms with Crippen molar-refractivity contribution in [3.05, 3.63) is 0 Å². The zero-order valence-corrected chi connectivity index (χ0v) is 10.7. The molecule has 0 aromatic carbocycles. The minimum absolute atomic E-state index is 0.0801. The number of hydrogen-bond donors (Lipinski definition) is 1. The van der Waals surface area contributed by atoms with Gasteiger partial charge in [0.1, 0.15) is 0 Å². The summed E-state index contributed by atoms with van der Waals surface area (Å²) in [5, 5.41) is 0.